The number of nitrogens with zero attached hydrogens (tertiary/aromatic N) is 3. The molecule has 0 saturated carbocycles. The average molecular weight is 210 g/mol. The lowest BCUT2D eigenvalue weighted by Gasteiger charge is -2.35. The van der Waals surface area contributed by atoms with Crippen molar-refractivity contribution in [2.24, 2.45) is 12.5 Å². The minimum Gasteiger partial charge on any atom is -0.396 e. The normalized spacial score (nSPS) is 20.4. The predicted octanol–water partition coefficient (Wildman–Crippen LogP) is -0.280. The molecule has 1 fully saturated rings. The van der Waals surface area contributed by atoms with Crippen molar-refractivity contribution in [3.05, 3.63) is 11.9 Å². The summed E-state index contributed by atoms with van der Waals surface area (Å²) in [5.74, 6) is 0. The number of nitrogens with one attached hydrogen (secondary N) is 1. The van der Waals surface area contributed by atoms with Crippen LogP contribution in [0, 0.1) is 5.41 Å². The molecule has 1 aromatic heterocycles. The van der Waals surface area contributed by atoms with Gasteiger partial charge in [0.2, 0.25) is 0 Å². The maximum absolute atomic E-state index is 9.53. The average Bonchev–Trinajstić information content (AvgIpc) is 2.65. The molecular weight excluding hydrogens is 192 g/mol. The van der Waals surface area contributed by atoms with Crippen LogP contribution in [-0.2, 0) is 13.5 Å². The summed E-state index contributed by atoms with van der Waals surface area (Å²) >= 11 is 0. The Kier molecular flexibility index (Phi) is 3.02. The van der Waals surface area contributed by atoms with E-state index in [1.165, 1.54) is 0 Å². The summed E-state index contributed by atoms with van der Waals surface area (Å²) in [4.78, 5) is 0. The molecule has 2 N–H and O–H groups in total. The van der Waals surface area contributed by atoms with E-state index in [0.717, 1.165) is 38.0 Å². The van der Waals surface area contributed by atoms with Gasteiger partial charge in [0.1, 0.15) is 0 Å². The van der Waals surface area contributed by atoms with Crippen LogP contribution in [0.2, 0.25) is 0 Å². The Morgan fingerprint density at radius 1 is 1.53 bits per heavy atom. The molecule has 0 bridgehead atoms. The van der Waals surface area contributed by atoms with Crippen LogP contribution < -0.4 is 5.32 Å². The first kappa shape index (κ1) is 10.6. The van der Waals surface area contributed by atoms with Gasteiger partial charge in [-0.3, -0.25) is 4.68 Å². The van der Waals surface area contributed by atoms with Gasteiger partial charge in [-0.25, -0.2) is 0 Å². The highest BCUT2D eigenvalue weighted by Crippen LogP contribution is 2.31. The van der Waals surface area contributed by atoms with Crippen LogP contribution in [0.15, 0.2) is 6.20 Å². The number of rotatable bonds is 3. The van der Waals surface area contributed by atoms with E-state index in [4.69, 9.17) is 0 Å². The number of aliphatic hydroxyl groups excluding tert-OH is 1. The van der Waals surface area contributed by atoms with Gasteiger partial charge in [0.25, 0.3) is 0 Å². The van der Waals surface area contributed by atoms with Crippen molar-refractivity contribution in [3.8, 4) is 0 Å². The molecule has 2 heterocycles. The van der Waals surface area contributed by atoms with E-state index in [1.54, 1.807) is 4.68 Å². The van der Waals surface area contributed by atoms with Gasteiger partial charge in [0.15, 0.2) is 0 Å². The van der Waals surface area contributed by atoms with Crippen molar-refractivity contribution in [2.75, 3.05) is 19.7 Å². The Morgan fingerprint density at radius 3 is 2.80 bits per heavy atom. The van der Waals surface area contributed by atoms with E-state index in [0.29, 0.717) is 0 Å². The lowest BCUT2D eigenvalue weighted by molar-refractivity contribution is 0.0883. The lowest BCUT2D eigenvalue weighted by Crippen LogP contribution is -2.40. The van der Waals surface area contributed by atoms with Crippen LogP contribution in [-0.4, -0.2) is 39.8 Å². The van der Waals surface area contributed by atoms with Crippen molar-refractivity contribution in [1.29, 1.82) is 0 Å². The summed E-state index contributed by atoms with van der Waals surface area (Å²) < 4.78 is 1.71. The molecule has 0 atom stereocenters. The Labute approximate surface area is 89.5 Å². The number of hydrogen-bond donors (Lipinski definition) is 2. The summed E-state index contributed by atoms with van der Waals surface area (Å²) in [5, 5.41) is 20.8. The highest BCUT2D eigenvalue weighted by molar-refractivity contribution is 5.00. The topological polar surface area (TPSA) is 63.0 Å². The smallest absolute Gasteiger partial charge is 0.0833 e. The Morgan fingerprint density at radius 2 is 2.27 bits per heavy atom. The summed E-state index contributed by atoms with van der Waals surface area (Å²) in [6, 6.07) is 0. The molecule has 1 aliphatic rings. The van der Waals surface area contributed by atoms with Gasteiger partial charge in [0.05, 0.1) is 5.69 Å². The zero-order chi connectivity index (χ0) is 10.7. The molecule has 84 valence electrons. The highest BCUT2D eigenvalue weighted by atomic mass is 16.3. The van der Waals surface area contributed by atoms with Crippen LogP contribution in [0.1, 0.15) is 18.5 Å². The zero-order valence-electron chi connectivity index (χ0n) is 9.11. The number of aliphatic hydroxyl groups is 1. The molecule has 1 aromatic rings. The van der Waals surface area contributed by atoms with Crippen LogP contribution in [0.5, 0.6) is 0 Å². The number of aromatic nitrogens is 3. The molecule has 0 radical (unpaired) electrons. The van der Waals surface area contributed by atoms with Crippen LogP contribution in [0.4, 0.5) is 0 Å². The first-order chi connectivity index (χ1) is 7.24. The van der Waals surface area contributed by atoms with Crippen molar-refractivity contribution in [1.82, 2.24) is 20.3 Å². The summed E-state index contributed by atoms with van der Waals surface area (Å²) in [5.41, 5.74) is 0.995. The van der Waals surface area contributed by atoms with E-state index in [2.05, 4.69) is 15.6 Å². The predicted molar refractivity (Wildman–Crippen MR) is 56.3 cm³/mol. The van der Waals surface area contributed by atoms with Crippen molar-refractivity contribution >= 4 is 0 Å². The Balaban J connectivity index is 2.06. The van der Waals surface area contributed by atoms with E-state index in [9.17, 15) is 5.11 Å². The zero-order valence-corrected chi connectivity index (χ0v) is 9.11. The van der Waals surface area contributed by atoms with Crippen molar-refractivity contribution in [3.63, 3.8) is 0 Å². The Bertz CT molecular complexity index is 317. The van der Waals surface area contributed by atoms with Gasteiger partial charge in [-0.15, -0.1) is 5.10 Å². The maximum atomic E-state index is 9.53. The quantitative estimate of drug-likeness (QED) is 0.720. The van der Waals surface area contributed by atoms with Gasteiger partial charge in [-0.2, -0.15) is 0 Å². The number of hydrogen-bond acceptors (Lipinski definition) is 4. The second-order valence-corrected chi connectivity index (χ2v) is 4.47. The molecule has 1 aliphatic heterocycles. The second-order valence-electron chi connectivity index (χ2n) is 4.47. The van der Waals surface area contributed by atoms with E-state index >= 15 is 0 Å². The summed E-state index contributed by atoms with van der Waals surface area (Å²) in [6.07, 6.45) is 4.79. The lowest BCUT2D eigenvalue weighted by atomic mass is 9.76. The minimum absolute atomic E-state index is 0.0152. The molecule has 1 saturated heterocycles. The highest BCUT2D eigenvalue weighted by Gasteiger charge is 2.32. The first-order valence-electron chi connectivity index (χ1n) is 5.41. The van der Waals surface area contributed by atoms with Crippen molar-refractivity contribution in [2.45, 2.75) is 19.3 Å². The summed E-state index contributed by atoms with van der Waals surface area (Å²) in [7, 11) is 1.87. The third kappa shape index (κ3) is 2.35. The van der Waals surface area contributed by atoms with E-state index in [1.807, 2.05) is 13.2 Å². The second kappa shape index (κ2) is 4.28. The molecule has 0 aromatic carbocycles. The third-order valence-electron chi connectivity index (χ3n) is 3.21. The number of piperidine rings is 1. The molecule has 2 rings (SSSR count). The Hall–Kier alpha value is -0.940. The standard InChI is InChI=1S/C10H18N4O/c1-14-7-9(12-13-14)6-10(8-15)2-4-11-5-3-10/h7,11,15H,2-6,8H2,1H3. The molecule has 15 heavy (non-hydrogen) atoms. The van der Waals surface area contributed by atoms with Crippen molar-refractivity contribution < 1.29 is 5.11 Å². The minimum atomic E-state index is 0.0152. The molecular formula is C10H18N4O. The van der Waals surface area contributed by atoms with E-state index in [-0.39, 0.29) is 12.0 Å². The molecule has 5 heteroatoms. The molecule has 0 amide bonds. The van der Waals surface area contributed by atoms with Crippen LogP contribution in [0.3, 0.4) is 0 Å². The SMILES string of the molecule is Cn1cc(CC2(CO)CCNCC2)nn1. The molecule has 0 aliphatic carbocycles. The monoisotopic (exact) mass is 210 g/mol. The van der Waals surface area contributed by atoms with Gasteiger partial charge in [0, 0.05) is 31.7 Å². The molecule has 0 spiro atoms. The van der Waals surface area contributed by atoms with Gasteiger partial charge in [-0.1, -0.05) is 5.21 Å². The fourth-order valence-corrected chi connectivity index (χ4v) is 2.21. The van der Waals surface area contributed by atoms with Crippen LogP contribution in [0.25, 0.3) is 0 Å². The first-order valence-corrected chi connectivity index (χ1v) is 5.41. The maximum Gasteiger partial charge on any atom is 0.0833 e. The third-order valence-corrected chi connectivity index (χ3v) is 3.21. The van der Waals surface area contributed by atoms with Crippen LogP contribution >= 0.6 is 0 Å². The summed E-state index contributed by atoms with van der Waals surface area (Å²) in [6.45, 7) is 2.22. The number of aryl methyl sites for hydroxylation is 1. The molecule has 0 unspecified atom stereocenters. The molecule has 5 nitrogen and oxygen atoms in total. The van der Waals surface area contributed by atoms with Gasteiger partial charge < -0.3 is 10.4 Å². The van der Waals surface area contributed by atoms with Gasteiger partial charge >= 0.3 is 0 Å². The van der Waals surface area contributed by atoms with E-state index < -0.39 is 0 Å². The fourth-order valence-electron chi connectivity index (χ4n) is 2.21. The largest absolute Gasteiger partial charge is 0.396 e. The van der Waals surface area contributed by atoms with Gasteiger partial charge in [-0.05, 0) is 25.9 Å². The fraction of sp³-hybridized carbons (Fsp3) is 0.800.